The van der Waals surface area contributed by atoms with Gasteiger partial charge in [0.05, 0.1) is 16.4 Å². The molecule has 3 aromatic rings. The molecule has 4 rings (SSSR count). The fraction of sp³-hybridized carbons (Fsp3) is 0.681. The molecule has 20 heteroatoms. The van der Waals surface area contributed by atoms with E-state index in [0.29, 0.717) is 53.7 Å². The molecule has 0 aliphatic carbocycles. The highest BCUT2D eigenvalue weighted by Crippen LogP contribution is 2.43. The summed E-state index contributed by atoms with van der Waals surface area (Å²) in [4.78, 5) is 67.8. The predicted octanol–water partition coefficient (Wildman–Crippen LogP) is 11.3. The van der Waals surface area contributed by atoms with Crippen LogP contribution < -0.4 is 9.91 Å². The van der Waals surface area contributed by atoms with E-state index < -0.39 is 51.0 Å². The number of amides is 4. The topological polar surface area (TPSA) is 170 Å². The number of imide groups is 1. The van der Waals surface area contributed by atoms with Gasteiger partial charge in [0, 0.05) is 71.6 Å². The fourth-order valence-electron chi connectivity index (χ4n) is 7.38. The maximum atomic E-state index is 13.8. The van der Waals surface area contributed by atoms with Crippen LogP contribution in [0, 0.1) is 0 Å². The maximum absolute atomic E-state index is 13.8. The van der Waals surface area contributed by atoms with Crippen LogP contribution in [-0.2, 0) is 28.5 Å². The predicted molar refractivity (Wildman–Crippen MR) is 271 cm³/mol. The molecule has 374 valence electrons. The van der Waals surface area contributed by atoms with Crippen molar-refractivity contribution in [3.05, 3.63) is 34.7 Å². The molecule has 0 spiro atoms. The molecule has 3 aromatic heterocycles. The highest BCUT2D eigenvalue weighted by atomic mass is 79.9. The van der Waals surface area contributed by atoms with Crippen LogP contribution in [0.4, 0.5) is 26.0 Å². The highest BCUT2D eigenvalue weighted by molar-refractivity contribution is 9.10. The lowest BCUT2D eigenvalue weighted by molar-refractivity contribution is -0.128. The van der Waals surface area contributed by atoms with E-state index in [1.807, 2.05) is 44.4 Å². The number of piperidine rings is 1. The first-order chi connectivity index (χ1) is 30.7. The van der Waals surface area contributed by atoms with E-state index in [1.165, 1.54) is 12.3 Å². The normalized spacial score (nSPS) is 17.3. The van der Waals surface area contributed by atoms with Crippen LogP contribution >= 0.6 is 15.9 Å². The van der Waals surface area contributed by atoms with E-state index >= 15 is 0 Å². The molecular weight excluding hydrogens is 957 g/mol. The van der Waals surface area contributed by atoms with Gasteiger partial charge in [0.1, 0.15) is 30.3 Å². The quantitative estimate of drug-likeness (QED) is 0.0492. The Morgan fingerprint density at radius 2 is 1.27 bits per heavy atom. The van der Waals surface area contributed by atoms with E-state index in [9.17, 15) is 19.2 Å². The highest BCUT2D eigenvalue weighted by Gasteiger charge is 2.41. The minimum atomic E-state index is -1.40. The van der Waals surface area contributed by atoms with Gasteiger partial charge in [-0.25, -0.2) is 24.4 Å². The molecule has 0 aromatic carbocycles. The van der Waals surface area contributed by atoms with Crippen LogP contribution in [-0.4, -0.2) is 125 Å². The van der Waals surface area contributed by atoms with Crippen molar-refractivity contribution < 1.29 is 42.9 Å². The number of likely N-dealkylation sites (tertiary alicyclic amines) is 1. The SMILES string of the molecule is CC(=O)N(C(=O)OC(C)(C)C)N(C(=O)OC(C)(C)C)c1ccc(-c2cnn3c(N(COCC[Si](C)(C)C)COCC[Si](C)(C)C)c(Br)c(C4CC(C)N(C(=O)OC(C)(C)C)[C@H](C)C4)nc23)cn1. The number of ether oxygens (including phenoxy) is 5. The lowest BCUT2D eigenvalue weighted by atomic mass is 9.85. The maximum Gasteiger partial charge on any atom is 0.437 e. The Labute approximate surface area is 408 Å². The van der Waals surface area contributed by atoms with Gasteiger partial charge in [-0.15, -0.1) is 5.01 Å². The third kappa shape index (κ3) is 16.0. The summed E-state index contributed by atoms with van der Waals surface area (Å²) in [7, 11) is -2.80. The number of hydrazine groups is 1. The third-order valence-electron chi connectivity index (χ3n) is 10.5. The number of carbonyl (C=O) groups excluding carboxylic acids is 4. The van der Waals surface area contributed by atoms with E-state index in [4.69, 9.17) is 33.8 Å². The standard InChI is InChI=1S/C47H77BrN8O9Si2/c1-31-25-35(26-32(2)53(31)42(58)63-45(4,5)6)39-38(48)41(52(29-61-21-23-66(13,14)15)30-62-22-24-67(16,17)18)54-40(51-39)36(28-50-54)34-19-20-37(49-27-34)56(44(60)65-47(10,11)12)55(33(3)57)43(59)64-46(7,8)9/h19-20,27-28,31-32,35H,21-26,29-30H2,1-18H3/t31-,32?,35?/m1/s1. The lowest BCUT2D eigenvalue weighted by Gasteiger charge is -2.43. The first-order valence-corrected chi connectivity index (χ1v) is 31.4. The van der Waals surface area contributed by atoms with Gasteiger partial charge in [0.25, 0.3) is 0 Å². The molecule has 0 bridgehead atoms. The number of halogens is 1. The summed E-state index contributed by atoms with van der Waals surface area (Å²) < 4.78 is 32.4. The van der Waals surface area contributed by atoms with Crippen molar-refractivity contribution in [2.75, 3.05) is 36.6 Å². The zero-order chi connectivity index (χ0) is 50.6. The van der Waals surface area contributed by atoms with Crippen molar-refractivity contribution in [1.29, 1.82) is 0 Å². The van der Waals surface area contributed by atoms with Gasteiger partial charge in [-0.05, 0) is 129 Å². The van der Waals surface area contributed by atoms with Crippen molar-refractivity contribution >= 4 is 73.5 Å². The number of anilines is 2. The average molecular weight is 1030 g/mol. The van der Waals surface area contributed by atoms with Crippen LogP contribution in [0.25, 0.3) is 16.8 Å². The zero-order valence-electron chi connectivity index (χ0n) is 43.3. The number of fused-ring (bicyclic) bond motifs is 1. The second-order valence-corrected chi connectivity index (χ2v) is 35.0. The Balaban J connectivity index is 1.91. The van der Waals surface area contributed by atoms with Crippen LogP contribution in [0.1, 0.15) is 108 Å². The number of hydrogen-bond acceptors (Lipinski definition) is 13. The minimum Gasteiger partial charge on any atom is -0.444 e. The van der Waals surface area contributed by atoms with Gasteiger partial charge >= 0.3 is 18.3 Å². The molecule has 1 aliphatic heterocycles. The molecule has 3 atom stereocenters. The summed E-state index contributed by atoms with van der Waals surface area (Å²) in [6.07, 6.45) is 2.05. The van der Waals surface area contributed by atoms with E-state index in [2.05, 4.69) is 60.2 Å². The molecule has 0 saturated carbocycles. The Morgan fingerprint density at radius 3 is 1.72 bits per heavy atom. The fourth-order valence-corrected chi connectivity index (χ4v) is 9.72. The molecule has 1 saturated heterocycles. The zero-order valence-corrected chi connectivity index (χ0v) is 46.9. The molecule has 0 radical (unpaired) electrons. The molecule has 4 amide bonds. The molecular formula is C47H77BrN8O9Si2. The summed E-state index contributed by atoms with van der Waals surface area (Å²) in [5, 5.41) is 6.28. The first kappa shape index (κ1) is 55.5. The molecule has 17 nitrogen and oxygen atoms in total. The summed E-state index contributed by atoms with van der Waals surface area (Å²) in [6, 6.07) is 4.89. The second kappa shape index (κ2) is 21.7. The first-order valence-electron chi connectivity index (χ1n) is 23.2. The smallest absolute Gasteiger partial charge is 0.437 e. The monoisotopic (exact) mass is 1030 g/mol. The molecule has 67 heavy (non-hydrogen) atoms. The van der Waals surface area contributed by atoms with Crippen molar-refractivity contribution in [3.8, 4) is 11.1 Å². The van der Waals surface area contributed by atoms with Crippen molar-refractivity contribution in [2.24, 2.45) is 0 Å². The van der Waals surface area contributed by atoms with E-state index in [-0.39, 0.29) is 43.4 Å². The summed E-state index contributed by atoms with van der Waals surface area (Å²) in [6.45, 7) is 36.4. The van der Waals surface area contributed by atoms with Gasteiger partial charge in [0.2, 0.25) is 5.91 Å². The molecule has 2 unspecified atom stereocenters. The van der Waals surface area contributed by atoms with Crippen LogP contribution in [0.5, 0.6) is 0 Å². The van der Waals surface area contributed by atoms with Crippen LogP contribution in [0.15, 0.2) is 29.0 Å². The number of pyridine rings is 1. The van der Waals surface area contributed by atoms with Crippen molar-refractivity contribution in [3.63, 3.8) is 0 Å². The van der Waals surface area contributed by atoms with Gasteiger partial charge in [-0.1, -0.05) is 39.3 Å². The van der Waals surface area contributed by atoms with Crippen LogP contribution in [0.2, 0.25) is 51.4 Å². The van der Waals surface area contributed by atoms with E-state index in [1.54, 1.807) is 58.3 Å². The number of aromatic nitrogens is 4. The van der Waals surface area contributed by atoms with Crippen molar-refractivity contribution in [2.45, 2.75) is 182 Å². The largest absolute Gasteiger partial charge is 0.444 e. The lowest BCUT2D eigenvalue weighted by Crippen LogP contribution is -2.55. The summed E-state index contributed by atoms with van der Waals surface area (Å²) >= 11 is 4.02. The Morgan fingerprint density at radius 1 is 0.761 bits per heavy atom. The van der Waals surface area contributed by atoms with Crippen LogP contribution in [0.3, 0.4) is 0 Å². The molecule has 4 heterocycles. The minimum absolute atomic E-state index is 0.0653. The van der Waals surface area contributed by atoms with E-state index in [0.717, 1.165) is 34.2 Å². The molecule has 0 N–H and O–H groups in total. The number of hydrogen-bond donors (Lipinski definition) is 0. The molecule has 1 aliphatic rings. The molecule has 1 fully saturated rings. The summed E-state index contributed by atoms with van der Waals surface area (Å²) in [5.74, 6) is -0.246. The number of rotatable bonds is 14. The second-order valence-electron chi connectivity index (χ2n) is 22.9. The summed E-state index contributed by atoms with van der Waals surface area (Å²) in [5.41, 5.74) is -0.0727. The van der Waals surface area contributed by atoms with Gasteiger partial charge in [0.15, 0.2) is 17.3 Å². The van der Waals surface area contributed by atoms with Gasteiger partial charge in [-0.3, -0.25) is 4.79 Å². The number of nitrogens with zero attached hydrogens (tertiary/aromatic N) is 8. The third-order valence-corrected chi connectivity index (χ3v) is 14.6. The average Bonchev–Trinajstić information content (AvgIpc) is 3.56. The van der Waals surface area contributed by atoms with Crippen molar-refractivity contribution in [1.82, 2.24) is 29.5 Å². The Bertz CT molecular complexity index is 2180. The Hall–Kier alpha value is -4.12. The van der Waals surface area contributed by atoms with Gasteiger partial charge in [-0.2, -0.15) is 14.6 Å². The number of carbonyl (C=O) groups is 4. The Kier molecular flexibility index (Phi) is 17.9. The van der Waals surface area contributed by atoms with Gasteiger partial charge < -0.3 is 33.5 Å².